The van der Waals surface area contributed by atoms with Crippen LogP contribution < -0.4 is 0 Å². The number of benzene rings is 1. The van der Waals surface area contributed by atoms with E-state index in [0.717, 1.165) is 11.2 Å². The molecule has 0 spiro atoms. The van der Waals surface area contributed by atoms with Crippen LogP contribution in [0.3, 0.4) is 0 Å². The number of alkyl halides is 1. The fourth-order valence-corrected chi connectivity index (χ4v) is 1.68. The third kappa shape index (κ3) is 3.15. The predicted molar refractivity (Wildman–Crippen MR) is 62.6 cm³/mol. The summed E-state index contributed by atoms with van der Waals surface area (Å²) in [5.41, 5.74) is 4.27. The summed E-state index contributed by atoms with van der Waals surface area (Å²) in [7, 11) is 0. The van der Waals surface area contributed by atoms with Crippen LogP contribution in [0.1, 0.15) is 23.6 Å². The van der Waals surface area contributed by atoms with Crippen LogP contribution in [0.25, 0.3) is 0 Å². The van der Waals surface area contributed by atoms with E-state index in [9.17, 15) is 0 Å². The van der Waals surface area contributed by atoms with Crippen molar-refractivity contribution in [1.82, 2.24) is 0 Å². The van der Waals surface area contributed by atoms with Crippen molar-refractivity contribution >= 4 is 15.9 Å². The van der Waals surface area contributed by atoms with Gasteiger partial charge in [0.25, 0.3) is 0 Å². The van der Waals surface area contributed by atoms with E-state index in [4.69, 9.17) is 0 Å². The van der Waals surface area contributed by atoms with Crippen molar-refractivity contribution in [2.75, 3.05) is 5.33 Å². The summed E-state index contributed by atoms with van der Waals surface area (Å²) >= 11 is 3.52. The second kappa shape index (κ2) is 4.80. The van der Waals surface area contributed by atoms with Crippen molar-refractivity contribution in [3.63, 3.8) is 0 Å². The fourth-order valence-electron chi connectivity index (χ4n) is 1.45. The molecule has 0 heterocycles. The van der Waals surface area contributed by atoms with Crippen molar-refractivity contribution < 1.29 is 0 Å². The second-order valence-corrected chi connectivity index (χ2v) is 4.54. The van der Waals surface area contributed by atoms with Crippen LogP contribution in [0.5, 0.6) is 0 Å². The van der Waals surface area contributed by atoms with Crippen LogP contribution in [-0.4, -0.2) is 5.33 Å². The van der Waals surface area contributed by atoms with Crippen molar-refractivity contribution in [1.29, 1.82) is 0 Å². The molecule has 1 heteroatoms. The molecule has 1 aromatic rings. The lowest BCUT2D eigenvalue weighted by Gasteiger charge is -2.11. The van der Waals surface area contributed by atoms with Gasteiger partial charge in [-0.3, -0.25) is 0 Å². The van der Waals surface area contributed by atoms with Gasteiger partial charge < -0.3 is 0 Å². The van der Waals surface area contributed by atoms with E-state index in [-0.39, 0.29) is 0 Å². The van der Waals surface area contributed by atoms with Crippen LogP contribution in [0, 0.1) is 19.8 Å². The number of hydrogen-bond acceptors (Lipinski definition) is 0. The first-order valence-electron chi connectivity index (χ1n) is 4.75. The minimum Gasteiger partial charge on any atom is -0.0925 e. The monoisotopic (exact) mass is 240 g/mol. The highest BCUT2D eigenvalue weighted by molar-refractivity contribution is 9.09. The molecule has 0 nitrogen and oxygen atoms in total. The zero-order valence-electron chi connectivity index (χ0n) is 8.60. The Hall–Kier alpha value is -0.300. The van der Waals surface area contributed by atoms with Crippen molar-refractivity contribution in [2.24, 2.45) is 5.92 Å². The number of hydrogen-bond donors (Lipinski definition) is 0. The summed E-state index contributed by atoms with van der Waals surface area (Å²) in [6.45, 7) is 6.62. The molecule has 0 aliphatic carbocycles. The molecule has 1 unspecified atom stereocenters. The first-order chi connectivity index (χ1) is 6.13. The molecule has 0 N–H and O–H groups in total. The van der Waals surface area contributed by atoms with Crippen LogP contribution in [0.4, 0.5) is 0 Å². The summed E-state index contributed by atoms with van der Waals surface area (Å²) in [6, 6.07) is 6.69. The van der Waals surface area contributed by atoms with Crippen LogP contribution >= 0.6 is 15.9 Å². The zero-order chi connectivity index (χ0) is 9.84. The summed E-state index contributed by atoms with van der Waals surface area (Å²) in [4.78, 5) is 0. The van der Waals surface area contributed by atoms with Crippen molar-refractivity contribution in [3.8, 4) is 0 Å². The minimum atomic E-state index is 0.723. The minimum absolute atomic E-state index is 0.723. The summed E-state index contributed by atoms with van der Waals surface area (Å²) in [5.74, 6) is 0.723. The molecule has 0 fully saturated rings. The largest absolute Gasteiger partial charge is 0.0925 e. The van der Waals surface area contributed by atoms with Crippen LogP contribution in [0.15, 0.2) is 18.2 Å². The lowest BCUT2D eigenvalue weighted by molar-refractivity contribution is 0.660. The van der Waals surface area contributed by atoms with Gasteiger partial charge >= 0.3 is 0 Å². The standard InChI is InChI=1S/C12H17Br/c1-9-4-5-11(3)12(6-9)7-10(2)8-13/h4-6,10H,7-8H2,1-3H3. The van der Waals surface area contributed by atoms with Gasteiger partial charge in [0.15, 0.2) is 0 Å². The average molecular weight is 241 g/mol. The van der Waals surface area contributed by atoms with E-state index in [1.807, 2.05) is 0 Å². The summed E-state index contributed by atoms with van der Waals surface area (Å²) < 4.78 is 0. The fraction of sp³-hybridized carbons (Fsp3) is 0.500. The zero-order valence-corrected chi connectivity index (χ0v) is 10.2. The lowest BCUT2D eigenvalue weighted by Crippen LogP contribution is -2.02. The molecule has 0 saturated heterocycles. The van der Waals surface area contributed by atoms with E-state index in [1.54, 1.807) is 0 Å². The molecule has 1 rings (SSSR count). The molecule has 0 aliphatic rings. The van der Waals surface area contributed by atoms with Gasteiger partial charge in [-0.2, -0.15) is 0 Å². The highest BCUT2D eigenvalue weighted by atomic mass is 79.9. The Morgan fingerprint density at radius 1 is 1.31 bits per heavy atom. The van der Waals surface area contributed by atoms with Gasteiger partial charge in [-0.25, -0.2) is 0 Å². The van der Waals surface area contributed by atoms with Gasteiger partial charge in [0, 0.05) is 5.33 Å². The molecule has 0 saturated carbocycles. The second-order valence-electron chi connectivity index (χ2n) is 3.89. The molecule has 0 aromatic heterocycles. The average Bonchev–Trinajstić information content (AvgIpc) is 2.11. The Morgan fingerprint density at radius 3 is 2.62 bits per heavy atom. The highest BCUT2D eigenvalue weighted by Gasteiger charge is 2.04. The Labute approximate surface area is 89.5 Å². The Morgan fingerprint density at radius 2 is 2.00 bits per heavy atom. The van der Waals surface area contributed by atoms with Gasteiger partial charge in [-0.05, 0) is 37.3 Å². The highest BCUT2D eigenvalue weighted by Crippen LogP contribution is 2.16. The Bertz CT molecular complexity index is 278. The maximum Gasteiger partial charge on any atom is 0.00602 e. The molecule has 72 valence electrons. The SMILES string of the molecule is Cc1ccc(C)c(CC(C)CBr)c1. The third-order valence-electron chi connectivity index (χ3n) is 2.34. The maximum atomic E-state index is 3.52. The van der Waals surface area contributed by atoms with Crippen LogP contribution in [-0.2, 0) is 6.42 Å². The molecule has 1 atom stereocenters. The first kappa shape index (κ1) is 10.8. The quantitative estimate of drug-likeness (QED) is 0.704. The van der Waals surface area contributed by atoms with Gasteiger partial charge in [0.1, 0.15) is 0 Å². The van der Waals surface area contributed by atoms with E-state index < -0.39 is 0 Å². The molecule has 0 bridgehead atoms. The number of rotatable bonds is 3. The third-order valence-corrected chi connectivity index (χ3v) is 3.44. The first-order valence-corrected chi connectivity index (χ1v) is 5.87. The summed E-state index contributed by atoms with van der Waals surface area (Å²) in [5, 5.41) is 1.08. The van der Waals surface area contributed by atoms with Gasteiger partial charge in [-0.15, -0.1) is 0 Å². The predicted octanol–water partition coefficient (Wildman–Crippen LogP) is 3.88. The summed E-state index contributed by atoms with van der Waals surface area (Å²) in [6.07, 6.45) is 1.18. The number of halogens is 1. The van der Waals surface area contributed by atoms with E-state index in [0.29, 0.717) is 0 Å². The van der Waals surface area contributed by atoms with Crippen molar-refractivity contribution in [3.05, 3.63) is 34.9 Å². The molecule has 1 aromatic carbocycles. The van der Waals surface area contributed by atoms with Crippen molar-refractivity contribution in [2.45, 2.75) is 27.2 Å². The molecule has 13 heavy (non-hydrogen) atoms. The van der Waals surface area contributed by atoms with E-state index in [2.05, 4.69) is 54.9 Å². The smallest absolute Gasteiger partial charge is 0.00602 e. The number of aryl methyl sites for hydroxylation is 2. The molecule has 0 radical (unpaired) electrons. The maximum absolute atomic E-state index is 3.52. The Kier molecular flexibility index (Phi) is 3.98. The van der Waals surface area contributed by atoms with Gasteiger partial charge in [0.05, 0.1) is 0 Å². The topological polar surface area (TPSA) is 0 Å². The molecular formula is C12H17Br. The van der Waals surface area contributed by atoms with Gasteiger partial charge in [-0.1, -0.05) is 46.6 Å². The van der Waals surface area contributed by atoms with Gasteiger partial charge in [0.2, 0.25) is 0 Å². The van der Waals surface area contributed by atoms with E-state index >= 15 is 0 Å². The van der Waals surface area contributed by atoms with Crippen LogP contribution in [0.2, 0.25) is 0 Å². The molecular weight excluding hydrogens is 224 g/mol. The lowest BCUT2D eigenvalue weighted by atomic mass is 9.97. The van der Waals surface area contributed by atoms with E-state index in [1.165, 1.54) is 23.1 Å². The molecule has 0 aliphatic heterocycles. The Balaban J connectivity index is 2.81. The normalized spacial score (nSPS) is 12.9. The molecule has 0 amide bonds.